The van der Waals surface area contributed by atoms with Crippen molar-refractivity contribution in [1.82, 2.24) is 14.8 Å². The molecule has 36 heavy (non-hydrogen) atoms. The molecule has 4 heterocycles. The SMILES string of the molecule is CN1C(=O)COc2cc(C(CC(=O)O)N3CCN(CCCc4ccc5c(n4)NCCC5)C3=O)ccc21. The van der Waals surface area contributed by atoms with Crippen LogP contribution in [0.25, 0.3) is 0 Å². The Bertz CT molecular complexity index is 1190. The fourth-order valence-corrected chi connectivity index (χ4v) is 5.13. The molecule has 1 aromatic carbocycles. The molecule has 2 N–H and O–H groups in total. The van der Waals surface area contributed by atoms with E-state index in [0.717, 1.165) is 43.7 Å². The van der Waals surface area contributed by atoms with E-state index in [4.69, 9.17) is 9.72 Å². The number of urea groups is 1. The first-order valence-electron chi connectivity index (χ1n) is 12.4. The first-order chi connectivity index (χ1) is 17.4. The quantitative estimate of drug-likeness (QED) is 0.581. The summed E-state index contributed by atoms with van der Waals surface area (Å²) in [6, 6.07) is 8.69. The number of aromatic nitrogens is 1. The van der Waals surface area contributed by atoms with Crippen LogP contribution in [0.5, 0.6) is 5.75 Å². The van der Waals surface area contributed by atoms with Crippen LogP contribution in [0.4, 0.5) is 16.3 Å². The first-order valence-corrected chi connectivity index (χ1v) is 12.4. The van der Waals surface area contributed by atoms with Gasteiger partial charge < -0.3 is 29.9 Å². The molecular formula is C26H31N5O5. The predicted octanol–water partition coefficient (Wildman–Crippen LogP) is 2.68. The summed E-state index contributed by atoms with van der Waals surface area (Å²) in [6.45, 7) is 2.47. The maximum Gasteiger partial charge on any atom is 0.320 e. The van der Waals surface area contributed by atoms with Gasteiger partial charge >= 0.3 is 12.0 Å². The summed E-state index contributed by atoms with van der Waals surface area (Å²) in [5.74, 6) is 0.359. The number of carboxylic acid groups (broad SMARTS) is 1. The van der Waals surface area contributed by atoms with Crippen molar-refractivity contribution >= 4 is 29.4 Å². The number of nitrogens with one attached hydrogen (secondary N) is 1. The topological polar surface area (TPSA) is 115 Å². The van der Waals surface area contributed by atoms with Crippen LogP contribution in [0.3, 0.4) is 0 Å². The fourth-order valence-electron chi connectivity index (χ4n) is 5.13. The van der Waals surface area contributed by atoms with E-state index in [1.807, 2.05) is 0 Å². The summed E-state index contributed by atoms with van der Waals surface area (Å²) < 4.78 is 5.58. The summed E-state index contributed by atoms with van der Waals surface area (Å²) in [4.78, 5) is 46.5. The molecule has 190 valence electrons. The van der Waals surface area contributed by atoms with Crippen molar-refractivity contribution in [2.75, 3.05) is 50.1 Å². The number of benzene rings is 1. The van der Waals surface area contributed by atoms with E-state index in [1.54, 1.807) is 35.0 Å². The van der Waals surface area contributed by atoms with Crippen LogP contribution in [0.1, 0.15) is 42.1 Å². The van der Waals surface area contributed by atoms with Gasteiger partial charge in [0.2, 0.25) is 0 Å². The second-order valence-corrected chi connectivity index (χ2v) is 9.49. The summed E-state index contributed by atoms with van der Waals surface area (Å²) in [5, 5.41) is 12.9. The number of aryl methyl sites for hydroxylation is 2. The number of amides is 3. The molecule has 3 amide bonds. The Hall–Kier alpha value is -3.82. The van der Waals surface area contributed by atoms with Gasteiger partial charge in [-0.1, -0.05) is 12.1 Å². The van der Waals surface area contributed by atoms with Gasteiger partial charge in [-0.05, 0) is 55.0 Å². The fraction of sp³-hybridized carbons (Fsp3) is 0.462. The minimum Gasteiger partial charge on any atom is -0.482 e. The van der Waals surface area contributed by atoms with Crippen molar-refractivity contribution in [3.05, 3.63) is 47.2 Å². The van der Waals surface area contributed by atoms with E-state index in [-0.39, 0.29) is 25.0 Å². The van der Waals surface area contributed by atoms with Crippen molar-refractivity contribution in [2.24, 2.45) is 0 Å². The first kappa shape index (κ1) is 23.9. The summed E-state index contributed by atoms with van der Waals surface area (Å²) in [6.07, 6.45) is 3.52. The number of likely N-dealkylation sites (N-methyl/N-ethyl adjacent to an activating group) is 1. The van der Waals surface area contributed by atoms with E-state index >= 15 is 0 Å². The van der Waals surface area contributed by atoms with Gasteiger partial charge in [-0.15, -0.1) is 0 Å². The molecule has 1 saturated heterocycles. The Morgan fingerprint density at radius 1 is 1.22 bits per heavy atom. The smallest absolute Gasteiger partial charge is 0.320 e. The van der Waals surface area contributed by atoms with E-state index in [9.17, 15) is 19.5 Å². The van der Waals surface area contributed by atoms with Gasteiger partial charge in [-0.25, -0.2) is 9.78 Å². The number of nitrogens with zero attached hydrogens (tertiary/aromatic N) is 4. The molecule has 1 fully saturated rings. The maximum absolute atomic E-state index is 13.3. The molecule has 0 radical (unpaired) electrons. The highest BCUT2D eigenvalue weighted by Gasteiger charge is 2.36. The van der Waals surface area contributed by atoms with E-state index in [2.05, 4.69) is 17.4 Å². The molecule has 1 aromatic heterocycles. The molecule has 3 aliphatic rings. The Morgan fingerprint density at radius 3 is 2.92 bits per heavy atom. The number of hydrogen-bond acceptors (Lipinski definition) is 6. The summed E-state index contributed by atoms with van der Waals surface area (Å²) in [7, 11) is 1.68. The minimum atomic E-state index is -0.982. The lowest BCUT2D eigenvalue weighted by atomic mass is 10.0. The molecule has 1 unspecified atom stereocenters. The average Bonchev–Trinajstić information content (AvgIpc) is 3.24. The van der Waals surface area contributed by atoms with Crippen molar-refractivity contribution in [3.63, 3.8) is 0 Å². The van der Waals surface area contributed by atoms with Gasteiger partial charge in [0.1, 0.15) is 11.6 Å². The maximum atomic E-state index is 13.3. The predicted molar refractivity (Wildman–Crippen MR) is 133 cm³/mol. The Balaban J connectivity index is 1.24. The Morgan fingerprint density at radius 2 is 2.08 bits per heavy atom. The van der Waals surface area contributed by atoms with Crippen LogP contribution in [0.15, 0.2) is 30.3 Å². The van der Waals surface area contributed by atoms with E-state index in [1.165, 1.54) is 10.5 Å². The number of aliphatic carboxylic acids is 1. The molecule has 0 saturated carbocycles. The molecule has 5 rings (SSSR count). The summed E-state index contributed by atoms with van der Waals surface area (Å²) >= 11 is 0. The van der Waals surface area contributed by atoms with Crippen molar-refractivity contribution in [1.29, 1.82) is 0 Å². The number of ether oxygens (including phenoxy) is 1. The highest BCUT2D eigenvalue weighted by molar-refractivity contribution is 5.97. The molecule has 1 atom stereocenters. The van der Waals surface area contributed by atoms with Gasteiger partial charge in [0.25, 0.3) is 5.91 Å². The third kappa shape index (κ3) is 4.80. The van der Waals surface area contributed by atoms with Crippen LogP contribution in [0, 0.1) is 0 Å². The zero-order chi connectivity index (χ0) is 25.2. The van der Waals surface area contributed by atoms with Crippen LogP contribution >= 0.6 is 0 Å². The number of anilines is 2. The Kier molecular flexibility index (Phi) is 6.67. The Labute approximate surface area is 209 Å². The second-order valence-electron chi connectivity index (χ2n) is 9.49. The number of carbonyl (C=O) groups excluding carboxylic acids is 2. The van der Waals surface area contributed by atoms with Gasteiger partial charge in [-0.2, -0.15) is 0 Å². The largest absolute Gasteiger partial charge is 0.482 e. The van der Waals surface area contributed by atoms with Crippen LogP contribution in [-0.4, -0.2) is 77.6 Å². The average molecular weight is 494 g/mol. The molecule has 10 heteroatoms. The zero-order valence-corrected chi connectivity index (χ0v) is 20.4. The highest BCUT2D eigenvalue weighted by atomic mass is 16.5. The van der Waals surface area contributed by atoms with Crippen LogP contribution in [-0.2, 0) is 22.4 Å². The number of rotatable bonds is 8. The van der Waals surface area contributed by atoms with Crippen molar-refractivity contribution in [2.45, 2.75) is 38.1 Å². The third-order valence-corrected chi connectivity index (χ3v) is 7.14. The lowest BCUT2D eigenvalue weighted by molar-refractivity contribution is -0.138. The monoisotopic (exact) mass is 493 g/mol. The van der Waals surface area contributed by atoms with Gasteiger partial charge in [0.15, 0.2) is 6.61 Å². The lowest BCUT2D eigenvalue weighted by Crippen LogP contribution is -2.37. The van der Waals surface area contributed by atoms with Crippen molar-refractivity contribution < 1.29 is 24.2 Å². The molecule has 2 aromatic rings. The number of carbonyl (C=O) groups is 3. The number of hydrogen-bond donors (Lipinski definition) is 2. The third-order valence-electron chi connectivity index (χ3n) is 7.14. The lowest BCUT2D eigenvalue weighted by Gasteiger charge is -2.30. The van der Waals surface area contributed by atoms with Crippen LogP contribution in [0.2, 0.25) is 0 Å². The summed E-state index contributed by atoms with van der Waals surface area (Å²) in [5.41, 5.74) is 3.57. The molecule has 10 nitrogen and oxygen atoms in total. The van der Waals surface area contributed by atoms with Gasteiger partial charge in [-0.3, -0.25) is 9.59 Å². The van der Waals surface area contributed by atoms with Gasteiger partial charge in [0, 0.05) is 38.9 Å². The van der Waals surface area contributed by atoms with E-state index < -0.39 is 12.0 Å². The number of carboxylic acids is 1. The number of pyridine rings is 1. The molecule has 0 bridgehead atoms. The van der Waals surface area contributed by atoms with E-state index in [0.29, 0.717) is 36.6 Å². The highest BCUT2D eigenvalue weighted by Crippen LogP contribution is 2.37. The minimum absolute atomic E-state index is 0.0673. The number of fused-ring (bicyclic) bond motifs is 2. The van der Waals surface area contributed by atoms with Crippen molar-refractivity contribution in [3.8, 4) is 5.75 Å². The molecule has 3 aliphatic heterocycles. The van der Waals surface area contributed by atoms with Gasteiger partial charge in [0.05, 0.1) is 18.2 Å². The standard InChI is InChI=1S/C26H31N5O5/c1-29-20-9-7-18(14-22(20)36-16-23(29)32)21(15-24(33)34)31-13-12-30(26(31)35)11-3-5-19-8-6-17-4-2-10-27-25(17)28-19/h6-9,14,21H,2-5,10-13,15-16H2,1H3,(H,27,28)(H,33,34). The van der Waals surface area contributed by atoms with Crippen LogP contribution < -0.4 is 15.0 Å². The zero-order valence-electron chi connectivity index (χ0n) is 20.4. The second kappa shape index (κ2) is 10.0. The molecule has 0 aliphatic carbocycles. The molecular weight excluding hydrogens is 462 g/mol. The normalized spacial score (nSPS) is 17.9. The molecule has 0 spiro atoms.